The summed E-state index contributed by atoms with van der Waals surface area (Å²) < 4.78 is 13.1. The molecule has 0 bridgehead atoms. The summed E-state index contributed by atoms with van der Waals surface area (Å²) in [6, 6.07) is 14.9. The van der Waals surface area contributed by atoms with Crippen LogP contribution in [0, 0.1) is 12.7 Å². The topological polar surface area (TPSA) is 36.4 Å². The summed E-state index contributed by atoms with van der Waals surface area (Å²) in [7, 11) is 1.72. The lowest BCUT2D eigenvalue weighted by atomic mass is 10.1. The molecule has 0 aliphatic rings. The maximum atomic E-state index is 13.1. The van der Waals surface area contributed by atoms with Crippen molar-refractivity contribution in [2.75, 3.05) is 7.05 Å². The van der Waals surface area contributed by atoms with Crippen LogP contribution in [0.1, 0.15) is 16.7 Å². The summed E-state index contributed by atoms with van der Waals surface area (Å²) in [6.45, 7) is 3.30. The molecule has 0 fully saturated rings. The molecule has 0 heterocycles. The molecule has 0 atom stereocenters. The Balaban J connectivity index is 0.00000242. The Labute approximate surface area is 148 Å². The van der Waals surface area contributed by atoms with Crippen LogP contribution < -0.4 is 10.6 Å². The van der Waals surface area contributed by atoms with Crippen molar-refractivity contribution in [2.45, 2.75) is 20.0 Å². The van der Waals surface area contributed by atoms with Crippen LogP contribution in [0.4, 0.5) is 4.39 Å². The van der Waals surface area contributed by atoms with Crippen molar-refractivity contribution in [3.63, 3.8) is 0 Å². The highest BCUT2D eigenvalue weighted by Gasteiger charge is 2.00. The van der Waals surface area contributed by atoms with Crippen molar-refractivity contribution in [3.8, 4) is 0 Å². The summed E-state index contributed by atoms with van der Waals surface area (Å²) in [6.07, 6.45) is 0. The van der Waals surface area contributed by atoms with E-state index in [-0.39, 0.29) is 29.8 Å². The summed E-state index contributed by atoms with van der Waals surface area (Å²) in [4.78, 5) is 4.16. The van der Waals surface area contributed by atoms with Gasteiger partial charge in [0.15, 0.2) is 5.96 Å². The van der Waals surface area contributed by atoms with Crippen molar-refractivity contribution in [1.29, 1.82) is 0 Å². The number of aliphatic imine (C=N–C) groups is 1. The summed E-state index contributed by atoms with van der Waals surface area (Å²) >= 11 is 0. The number of hydrogen-bond acceptors (Lipinski definition) is 1. The van der Waals surface area contributed by atoms with E-state index in [9.17, 15) is 4.39 Å². The number of guanidine groups is 1. The highest BCUT2D eigenvalue weighted by molar-refractivity contribution is 14.0. The first-order chi connectivity index (χ1) is 10.2. The molecule has 0 saturated carbocycles. The molecule has 2 N–H and O–H groups in total. The Morgan fingerprint density at radius 1 is 1.00 bits per heavy atom. The van der Waals surface area contributed by atoms with Gasteiger partial charge in [0.05, 0.1) is 0 Å². The number of benzene rings is 2. The second-order valence-corrected chi connectivity index (χ2v) is 4.89. The number of nitrogens with zero attached hydrogens (tertiary/aromatic N) is 1. The van der Waals surface area contributed by atoms with Crippen LogP contribution in [0.3, 0.4) is 0 Å². The molecule has 3 nitrogen and oxygen atoms in total. The Kier molecular flexibility index (Phi) is 7.87. The van der Waals surface area contributed by atoms with Gasteiger partial charge in [-0.05, 0) is 30.2 Å². The van der Waals surface area contributed by atoms with Crippen molar-refractivity contribution >= 4 is 29.9 Å². The maximum absolute atomic E-state index is 13.1. The molecule has 2 aromatic carbocycles. The van der Waals surface area contributed by atoms with Crippen LogP contribution in [0.2, 0.25) is 0 Å². The Morgan fingerprint density at radius 2 is 1.64 bits per heavy atom. The van der Waals surface area contributed by atoms with Crippen LogP contribution in [0.15, 0.2) is 53.5 Å². The quantitative estimate of drug-likeness (QED) is 0.457. The molecular formula is C17H21FIN3. The molecule has 118 valence electrons. The van der Waals surface area contributed by atoms with Gasteiger partial charge < -0.3 is 10.6 Å². The van der Waals surface area contributed by atoms with Crippen molar-refractivity contribution < 1.29 is 4.39 Å². The van der Waals surface area contributed by atoms with E-state index in [2.05, 4.69) is 46.8 Å². The predicted molar refractivity (Wildman–Crippen MR) is 100 cm³/mol. The number of hydrogen-bond donors (Lipinski definition) is 2. The monoisotopic (exact) mass is 413 g/mol. The van der Waals surface area contributed by atoms with Gasteiger partial charge >= 0.3 is 0 Å². The highest BCUT2D eigenvalue weighted by Crippen LogP contribution is 2.04. The molecule has 0 aromatic heterocycles. The van der Waals surface area contributed by atoms with Gasteiger partial charge in [-0.1, -0.05) is 42.0 Å². The first kappa shape index (κ1) is 18.4. The van der Waals surface area contributed by atoms with Gasteiger partial charge in [-0.15, -0.1) is 24.0 Å². The molecular weight excluding hydrogens is 392 g/mol. The summed E-state index contributed by atoms with van der Waals surface area (Å²) in [5.74, 6) is 0.469. The van der Waals surface area contributed by atoms with E-state index < -0.39 is 0 Å². The van der Waals surface area contributed by atoms with Crippen LogP contribution in [0.5, 0.6) is 0 Å². The molecule has 5 heteroatoms. The highest BCUT2D eigenvalue weighted by atomic mass is 127. The smallest absolute Gasteiger partial charge is 0.191 e. The van der Waals surface area contributed by atoms with Crippen LogP contribution in [0.25, 0.3) is 0 Å². The molecule has 0 saturated heterocycles. The van der Waals surface area contributed by atoms with E-state index >= 15 is 0 Å². The Bertz CT molecular complexity index is 612. The standard InChI is InChI=1S/C17H20FN3.HI/c1-13-6-8-14(9-7-13)11-20-17(19-2)21-12-15-4-3-5-16(18)10-15;/h3-10H,11-12H2,1-2H3,(H2,19,20,21);1H. The summed E-state index contributed by atoms with van der Waals surface area (Å²) in [5.41, 5.74) is 3.31. The largest absolute Gasteiger partial charge is 0.352 e. The van der Waals surface area contributed by atoms with Gasteiger partial charge in [0.1, 0.15) is 5.82 Å². The van der Waals surface area contributed by atoms with Crippen molar-refractivity contribution in [2.24, 2.45) is 4.99 Å². The average molecular weight is 413 g/mol. The zero-order chi connectivity index (χ0) is 15.1. The second kappa shape index (κ2) is 9.40. The first-order valence-corrected chi connectivity index (χ1v) is 6.92. The van der Waals surface area contributed by atoms with E-state index in [0.29, 0.717) is 19.0 Å². The van der Waals surface area contributed by atoms with Crippen molar-refractivity contribution in [3.05, 3.63) is 71.0 Å². The number of aryl methyl sites for hydroxylation is 1. The molecule has 2 aromatic rings. The molecule has 0 unspecified atom stereocenters. The molecule has 0 aliphatic carbocycles. The van der Waals surface area contributed by atoms with Crippen LogP contribution in [-0.2, 0) is 13.1 Å². The number of rotatable bonds is 4. The van der Waals surface area contributed by atoms with E-state index in [0.717, 1.165) is 5.56 Å². The molecule has 0 aliphatic heterocycles. The zero-order valence-corrected chi connectivity index (χ0v) is 15.1. The van der Waals surface area contributed by atoms with E-state index in [1.54, 1.807) is 13.1 Å². The van der Waals surface area contributed by atoms with Gasteiger partial charge in [-0.25, -0.2) is 4.39 Å². The lowest BCUT2D eigenvalue weighted by molar-refractivity contribution is 0.624. The zero-order valence-electron chi connectivity index (χ0n) is 12.8. The van der Waals surface area contributed by atoms with E-state index in [1.165, 1.54) is 23.3 Å². The lowest BCUT2D eigenvalue weighted by Crippen LogP contribution is -2.36. The minimum Gasteiger partial charge on any atom is -0.352 e. The maximum Gasteiger partial charge on any atom is 0.191 e. The summed E-state index contributed by atoms with van der Waals surface area (Å²) in [5, 5.41) is 6.40. The molecule has 2 rings (SSSR count). The van der Waals surface area contributed by atoms with Gasteiger partial charge in [0.25, 0.3) is 0 Å². The van der Waals surface area contributed by atoms with Gasteiger partial charge in [-0.3, -0.25) is 4.99 Å². The minimum absolute atomic E-state index is 0. The van der Waals surface area contributed by atoms with E-state index in [1.807, 2.05) is 6.07 Å². The lowest BCUT2D eigenvalue weighted by Gasteiger charge is -2.12. The van der Waals surface area contributed by atoms with Gasteiger partial charge in [0.2, 0.25) is 0 Å². The molecule has 0 radical (unpaired) electrons. The Hall–Kier alpha value is -1.63. The van der Waals surface area contributed by atoms with Crippen molar-refractivity contribution in [1.82, 2.24) is 10.6 Å². The third-order valence-corrected chi connectivity index (χ3v) is 3.15. The average Bonchev–Trinajstić information content (AvgIpc) is 2.49. The number of halogens is 2. The van der Waals surface area contributed by atoms with Crippen LogP contribution in [-0.4, -0.2) is 13.0 Å². The fourth-order valence-electron chi connectivity index (χ4n) is 1.95. The molecule has 22 heavy (non-hydrogen) atoms. The fourth-order valence-corrected chi connectivity index (χ4v) is 1.95. The molecule has 0 amide bonds. The van der Waals surface area contributed by atoms with E-state index in [4.69, 9.17) is 0 Å². The first-order valence-electron chi connectivity index (χ1n) is 6.92. The van der Waals surface area contributed by atoms with Crippen LogP contribution >= 0.6 is 24.0 Å². The normalized spacial score (nSPS) is 10.8. The molecule has 0 spiro atoms. The van der Waals surface area contributed by atoms with Gasteiger partial charge in [-0.2, -0.15) is 0 Å². The second-order valence-electron chi connectivity index (χ2n) is 4.89. The predicted octanol–water partition coefficient (Wildman–Crippen LogP) is 3.62. The third kappa shape index (κ3) is 6.01. The SMILES string of the molecule is CN=C(NCc1ccc(C)cc1)NCc1cccc(F)c1.I. The Morgan fingerprint density at radius 3 is 2.23 bits per heavy atom. The minimum atomic E-state index is -0.225. The fraction of sp³-hybridized carbons (Fsp3) is 0.235. The van der Waals surface area contributed by atoms with Gasteiger partial charge in [0, 0.05) is 20.1 Å². The number of nitrogens with one attached hydrogen (secondary N) is 2. The third-order valence-electron chi connectivity index (χ3n) is 3.15.